The monoisotopic (exact) mass is 433 g/mol. The smallest absolute Gasteiger partial charge is 0.307 e. The Morgan fingerprint density at radius 2 is 1.93 bits per heavy atom. The second-order valence-corrected chi connectivity index (χ2v) is 7.65. The number of carbonyl (C=O) groups is 1. The SMILES string of the molecule is Cc1ccccc1C(=COCCN1CCC[C@@H](C(=O)O)C1)c1ccc(F)cc1C.Cl. The summed E-state index contributed by atoms with van der Waals surface area (Å²) >= 11 is 0. The van der Waals surface area contributed by atoms with Gasteiger partial charge in [-0.05, 0) is 67.6 Å². The molecule has 1 aliphatic heterocycles. The summed E-state index contributed by atoms with van der Waals surface area (Å²) < 4.78 is 19.5. The van der Waals surface area contributed by atoms with Crippen molar-refractivity contribution in [3.8, 4) is 0 Å². The zero-order chi connectivity index (χ0) is 20.8. The number of carboxylic acid groups (broad SMARTS) is 1. The average molecular weight is 434 g/mol. The van der Waals surface area contributed by atoms with Crippen LogP contribution in [0.3, 0.4) is 0 Å². The number of carboxylic acids is 1. The first-order valence-corrected chi connectivity index (χ1v) is 10.0. The summed E-state index contributed by atoms with van der Waals surface area (Å²) in [6.07, 6.45) is 3.39. The molecule has 0 bridgehead atoms. The van der Waals surface area contributed by atoms with Gasteiger partial charge < -0.3 is 9.84 Å². The van der Waals surface area contributed by atoms with E-state index in [0.717, 1.165) is 47.2 Å². The molecular formula is C24H29ClFNO3. The first kappa shape index (κ1) is 23.9. The molecule has 2 aromatic carbocycles. The van der Waals surface area contributed by atoms with Crippen LogP contribution in [-0.4, -0.2) is 42.2 Å². The van der Waals surface area contributed by atoms with Gasteiger partial charge in [-0.2, -0.15) is 0 Å². The molecule has 0 aliphatic carbocycles. The molecule has 0 radical (unpaired) electrons. The van der Waals surface area contributed by atoms with Crippen LogP contribution in [0.5, 0.6) is 0 Å². The summed E-state index contributed by atoms with van der Waals surface area (Å²) in [6, 6.07) is 12.8. The Morgan fingerprint density at radius 3 is 2.63 bits per heavy atom. The van der Waals surface area contributed by atoms with Crippen LogP contribution >= 0.6 is 12.4 Å². The van der Waals surface area contributed by atoms with E-state index >= 15 is 0 Å². The maximum atomic E-state index is 13.6. The molecule has 1 N–H and O–H groups in total. The van der Waals surface area contributed by atoms with Crippen LogP contribution in [0.15, 0.2) is 48.7 Å². The van der Waals surface area contributed by atoms with Gasteiger partial charge in [0.15, 0.2) is 0 Å². The third-order valence-corrected chi connectivity index (χ3v) is 5.50. The highest BCUT2D eigenvalue weighted by atomic mass is 35.5. The number of aryl methyl sites for hydroxylation is 2. The van der Waals surface area contributed by atoms with E-state index in [-0.39, 0.29) is 24.1 Å². The van der Waals surface area contributed by atoms with Crippen molar-refractivity contribution in [2.24, 2.45) is 5.92 Å². The van der Waals surface area contributed by atoms with Crippen LogP contribution in [0.2, 0.25) is 0 Å². The highest BCUT2D eigenvalue weighted by Crippen LogP contribution is 2.29. The third-order valence-electron chi connectivity index (χ3n) is 5.50. The van der Waals surface area contributed by atoms with Crippen LogP contribution in [-0.2, 0) is 9.53 Å². The molecule has 1 saturated heterocycles. The van der Waals surface area contributed by atoms with Gasteiger partial charge in [0.2, 0.25) is 0 Å². The molecule has 0 spiro atoms. The molecule has 1 heterocycles. The minimum Gasteiger partial charge on any atom is -0.499 e. The van der Waals surface area contributed by atoms with E-state index in [1.165, 1.54) is 12.1 Å². The second-order valence-electron chi connectivity index (χ2n) is 7.65. The molecule has 1 aliphatic rings. The number of nitrogens with zero attached hydrogens (tertiary/aromatic N) is 1. The average Bonchev–Trinajstić information content (AvgIpc) is 2.70. The minimum atomic E-state index is -0.718. The van der Waals surface area contributed by atoms with Crippen LogP contribution < -0.4 is 0 Å². The molecule has 0 unspecified atom stereocenters. The number of benzene rings is 2. The van der Waals surface area contributed by atoms with Crippen molar-refractivity contribution < 1.29 is 19.0 Å². The molecule has 0 aromatic heterocycles. The van der Waals surface area contributed by atoms with Crippen molar-refractivity contribution in [2.45, 2.75) is 26.7 Å². The lowest BCUT2D eigenvalue weighted by Gasteiger charge is -2.30. The van der Waals surface area contributed by atoms with Crippen molar-refractivity contribution in [3.05, 3.63) is 76.8 Å². The van der Waals surface area contributed by atoms with Crippen molar-refractivity contribution in [1.29, 1.82) is 0 Å². The Labute approximate surface area is 183 Å². The molecule has 2 aromatic rings. The Bertz CT molecular complexity index is 900. The van der Waals surface area contributed by atoms with Gasteiger partial charge in [-0.15, -0.1) is 12.4 Å². The molecule has 30 heavy (non-hydrogen) atoms. The molecule has 4 nitrogen and oxygen atoms in total. The first-order valence-electron chi connectivity index (χ1n) is 10.0. The Hall–Kier alpha value is -2.37. The number of ether oxygens (including phenoxy) is 1. The fourth-order valence-electron chi connectivity index (χ4n) is 3.86. The van der Waals surface area contributed by atoms with Gasteiger partial charge in [0.05, 0.1) is 12.2 Å². The van der Waals surface area contributed by atoms with Gasteiger partial charge in [-0.3, -0.25) is 9.69 Å². The molecule has 3 rings (SSSR count). The van der Waals surface area contributed by atoms with E-state index in [1.807, 2.05) is 38.1 Å². The highest BCUT2D eigenvalue weighted by molar-refractivity contribution is 5.85. The number of aliphatic carboxylic acids is 1. The fraction of sp³-hybridized carbons (Fsp3) is 0.375. The van der Waals surface area contributed by atoms with Crippen molar-refractivity contribution in [2.75, 3.05) is 26.2 Å². The van der Waals surface area contributed by atoms with Crippen LogP contribution in [0.4, 0.5) is 4.39 Å². The summed E-state index contributed by atoms with van der Waals surface area (Å²) in [5, 5.41) is 9.23. The van der Waals surface area contributed by atoms with Gasteiger partial charge in [0.1, 0.15) is 12.4 Å². The van der Waals surface area contributed by atoms with Gasteiger partial charge in [-0.1, -0.05) is 30.3 Å². The number of halogens is 2. The molecule has 6 heteroatoms. The summed E-state index contributed by atoms with van der Waals surface area (Å²) in [5.74, 6) is -1.26. The fourth-order valence-corrected chi connectivity index (χ4v) is 3.86. The molecule has 0 saturated carbocycles. The van der Waals surface area contributed by atoms with E-state index in [1.54, 1.807) is 12.3 Å². The topological polar surface area (TPSA) is 49.8 Å². The quantitative estimate of drug-likeness (QED) is 0.489. The van der Waals surface area contributed by atoms with E-state index in [2.05, 4.69) is 4.90 Å². The lowest BCUT2D eigenvalue weighted by atomic mass is 9.92. The zero-order valence-corrected chi connectivity index (χ0v) is 18.3. The van der Waals surface area contributed by atoms with E-state index in [9.17, 15) is 14.3 Å². The Kier molecular flexibility index (Phi) is 8.88. The predicted molar refractivity (Wildman–Crippen MR) is 119 cm³/mol. The minimum absolute atomic E-state index is 0. The lowest BCUT2D eigenvalue weighted by Crippen LogP contribution is -2.40. The summed E-state index contributed by atoms with van der Waals surface area (Å²) in [6.45, 7) is 6.57. The van der Waals surface area contributed by atoms with Crippen molar-refractivity contribution in [1.82, 2.24) is 4.90 Å². The first-order chi connectivity index (χ1) is 14.0. The van der Waals surface area contributed by atoms with Gasteiger partial charge in [0.25, 0.3) is 0 Å². The molecule has 1 fully saturated rings. The number of likely N-dealkylation sites (tertiary alicyclic amines) is 1. The predicted octanol–water partition coefficient (Wildman–Crippen LogP) is 5.07. The van der Waals surface area contributed by atoms with Crippen LogP contribution in [0.1, 0.15) is 35.1 Å². The van der Waals surface area contributed by atoms with Crippen LogP contribution in [0.25, 0.3) is 5.57 Å². The number of rotatable bonds is 7. The normalized spacial score (nSPS) is 17.3. The van der Waals surface area contributed by atoms with Crippen molar-refractivity contribution >= 4 is 23.9 Å². The van der Waals surface area contributed by atoms with E-state index in [4.69, 9.17) is 4.74 Å². The number of hydrogen-bond donors (Lipinski definition) is 1. The van der Waals surface area contributed by atoms with Gasteiger partial charge in [0, 0.05) is 18.7 Å². The van der Waals surface area contributed by atoms with Gasteiger partial charge in [-0.25, -0.2) is 4.39 Å². The maximum Gasteiger partial charge on any atom is 0.307 e. The lowest BCUT2D eigenvalue weighted by molar-refractivity contribution is -0.143. The second kappa shape index (κ2) is 11.1. The highest BCUT2D eigenvalue weighted by Gasteiger charge is 2.24. The third kappa shape index (κ3) is 6.07. The van der Waals surface area contributed by atoms with E-state index in [0.29, 0.717) is 19.7 Å². The summed E-state index contributed by atoms with van der Waals surface area (Å²) in [5.41, 5.74) is 4.87. The maximum absolute atomic E-state index is 13.6. The largest absolute Gasteiger partial charge is 0.499 e. The zero-order valence-electron chi connectivity index (χ0n) is 17.4. The number of hydrogen-bond acceptors (Lipinski definition) is 3. The molecule has 1 atom stereocenters. The Balaban J connectivity index is 0.00000320. The standard InChI is InChI=1S/C24H28FNO3.ClH/c1-17-6-3-4-8-21(17)23(22-10-9-20(25)14-18(22)2)16-29-13-12-26-11-5-7-19(15-26)24(27)28;/h3-4,6,8-10,14,16,19H,5,7,11-13,15H2,1-2H3,(H,27,28);1H/t19-;/m1./s1. The van der Waals surface area contributed by atoms with E-state index < -0.39 is 5.97 Å². The summed E-state index contributed by atoms with van der Waals surface area (Å²) in [7, 11) is 0. The number of piperidine rings is 1. The molecule has 0 amide bonds. The van der Waals surface area contributed by atoms with Gasteiger partial charge >= 0.3 is 5.97 Å². The molecule has 162 valence electrons. The molecular weight excluding hydrogens is 405 g/mol. The van der Waals surface area contributed by atoms with Crippen LogP contribution in [0, 0.1) is 25.6 Å². The summed E-state index contributed by atoms with van der Waals surface area (Å²) in [4.78, 5) is 13.4. The Morgan fingerprint density at radius 1 is 1.20 bits per heavy atom. The van der Waals surface area contributed by atoms with Crippen molar-refractivity contribution in [3.63, 3.8) is 0 Å².